The van der Waals surface area contributed by atoms with Crippen molar-refractivity contribution >= 4 is 15.7 Å². The van der Waals surface area contributed by atoms with Crippen molar-refractivity contribution in [3.8, 4) is 0 Å². The average molecular weight is 308 g/mol. The van der Waals surface area contributed by atoms with Crippen molar-refractivity contribution in [2.75, 3.05) is 11.8 Å². The molecule has 0 radical (unpaired) electrons. The Morgan fingerprint density at radius 3 is 2.57 bits per heavy atom. The van der Waals surface area contributed by atoms with E-state index >= 15 is 0 Å². The van der Waals surface area contributed by atoms with Gasteiger partial charge in [0, 0.05) is 6.54 Å². The van der Waals surface area contributed by atoms with E-state index < -0.39 is 10.0 Å². The highest BCUT2D eigenvalue weighted by atomic mass is 32.2. The van der Waals surface area contributed by atoms with Gasteiger partial charge in [0.15, 0.2) is 0 Å². The standard InChI is InChI=1S/C14H20N4O2S/c1-9-5-6-12(10(2)7-9)18-21(19,20)14-11(3)16-17-13(14)8-15-4/h5-7,15,18H,8H2,1-4H3,(H,16,17). The number of rotatable bonds is 5. The van der Waals surface area contributed by atoms with Gasteiger partial charge in [0.05, 0.1) is 17.1 Å². The molecule has 7 heteroatoms. The Labute approximate surface area is 125 Å². The molecule has 0 spiro atoms. The Hall–Kier alpha value is -1.86. The van der Waals surface area contributed by atoms with Crippen molar-refractivity contribution in [1.29, 1.82) is 0 Å². The van der Waals surface area contributed by atoms with E-state index in [1.807, 2.05) is 26.0 Å². The summed E-state index contributed by atoms with van der Waals surface area (Å²) < 4.78 is 27.9. The third-order valence-electron chi connectivity index (χ3n) is 3.20. The minimum atomic E-state index is -3.67. The molecule has 1 heterocycles. The SMILES string of the molecule is CNCc1n[nH]c(C)c1S(=O)(=O)Nc1ccc(C)cc1C. The minimum Gasteiger partial charge on any atom is -0.314 e. The van der Waals surface area contributed by atoms with Gasteiger partial charge in [-0.25, -0.2) is 8.42 Å². The van der Waals surface area contributed by atoms with Gasteiger partial charge in [0.2, 0.25) is 0 Å². The molecule has 0 aliphatic heterocycles. The van der Waals surface area contributed by atoms with Crippen LogP contribution in [0.5, 0.6) is 0 Å². The third kappa shape index (κ3) is 3.25. The van der Waals surface area contributed by atoms with Crippen molar-refractivity contribution in [3.63, 3.8) is 0 Å². The number of sulfonamides is 1. The van der Waals surface area contributed by atoms with E-state index in [0.29, 0.717) is 23.6 Å². The highest BCUT2D eigenvalue weighted by Gasteiger charge is 2.24. The van der Waals surface area contributed by atoms with Gasteiger partial charge in [-0.3, -0.25) is 9.82 Å². The Balaban J connectivity index is 2.41. The number of nitrogens with zero attached hydrogens (tertiary/aromatic N) is 1. The Morgan fingerprint density at radius 1 is 1.24 bits per heavy atom. The highest BCUT2D eigenvalue weighted by molar-refractivity contribution is 7.92. The van der Waals surface area contributed by atoms with Crippen LogP contribution in [0.15, 0.2) is 23.1 Å². The molecule has 3 N–H and O–H groups in total. The molecule has 21 heavy (non-hydrogen) atoms. The van der Waals surface area contributed by atoms with Crippen LogP contribution in [-0.2, 0) is 16.6 Å². The molecule has 0 amide bonds. The van der Waals surface area contributed by atoms with Crippen LogP contribution in [0, 0.1) is 20.8 Å². The Bertz CT molecular complexity index is 750. The van der Waals surface area contributed by atoms with Gasteiger partial charge in [-0.1, -0.05) is 17.7 Å². The number of H-pyrrole nitrogens is 1. The Morgan fingerprint density at radius 2 is 1.95 bits per heavy atom. The molecule has 1 aromatic carbocycles. The zero-order valence-electron chi connectivity index (χ0n) is 12.6. The first-order chi connectivity index (χ1) is 9.85. The minimum absolute atomic E-state index is 0.205. The van der Waals surface area contributed by atoms with Crippen molar-refractivity contribution in [1.82, 2.24) is 15.5 Å². The lowest BCUT2D eigenvalue weighted by molar-refractivity contribution is 0.598. The quantitative estimate of drug-likeness (QED) is 0.787. The van der Waals surface area contributed by atoms with E-state index in [4.69, 9.17) is 0 Å². The fraction of sp³-hybridized carbons (Fsp3) is 0.357. The van der Waals surface area contributed by atoms with Crippen molar-refractivity contribution in [3.05, 3.63) is 40.7 Å². The van der Waals surface area contributed by atoms with E-state index in [9.17, 15) is 8.42 Å². The smallest absolute Gasteiger partial charge is 0.265 e. The molecule has 0 saturated carbocycles. The van der Waals surface area contributed by atoms with Gasteiger partial charge in [-0.05, 0) is 39.4 Å². The topological polar surface area (TPSA) is 86.9 Å². The first-order valence-corrected chi connectivity index (χ1v) is 8.12. The summed E-state index contributed by atoms with van der Waals surface area (Å²) in [6.07, 6.45) is 0. The molecule has 6 nitrogen and oxygen atoms in total. The van der Waals surface area contributed by atoms with Gasteiger partial charge >= 0.3 is 0 Å². The van der Waals surface area contributed by atoms with Crippen LogP contribution in [0.1, 0.15) is 22.5 Å². The maximum absolute atomic E-state index is 12.6. The molecule has 0 aliphatic carbocycles. The van der Waals surface area contributed by atoms with E-state index in [0.717, 1.165) is 11.1 Å². The van der Waals surface area contributed by atoms with E-state index in [2.05, 4.69) is 20.2 Å². The largest absolute Gasteiger partial charge is 0.314 e. The van der Waals surface area contributed by atoms with Crippen molar-refractivity contribution in [2.45, 2.75) is 32.2 Å². The lowest BCUT2D eigenvalue weighted by Crippen LogP contribution is -2.18. The lowest BCUT2D eigenvalue weighted by atomic mass is 10.1. The predicted octanol–water partition coefficient (Wildman–Crippen LogP) is 1.86. The molecule has 0 fully saturated rings. The van der Waals surface area contributed by atoms with Gasteiger partial charge in [-0.15, -0.1) is 0 Å². The Kier molecular flexibility index (Phi) is 4.34. The summed E-state index contributed by atoms with van der Waals surface area (Å²) in [4.78, 5) is 0.205. The first-order valence-electron chi connectivity index (χ1n) is 6.63. The second-order valence-corrected chi connectivity index (χ2v) is 6.70. The van der Waals surface area contributed by atoms with Crippen molar-refractivity contribution in [2.24, 2.45) is 0 Å². The summed E-state index contributed by atoms with van der Waals surface area (Å²) in [5.41, 5.74) is 3.56. The molecule has 2 aromatic rings. The molecule has 2 rings (SSSR count). The second kappa shape index (κ2) is 5.87. The maximum Gasteiger partial charge on any atom is 0.265 e. The molecule has 1 aromatic heterocycles. The van der Waals surface area contributed by atoms with Crippen LogP contribution in [-0.4, -0.2) is 25.7 Å². The third-order valence-corrected chi connectivity index (χ3v) is 4.77. The van der Waals surface area contributed by atoms with E-state index in [-0.39, 0.29) is 4.90 Å². The lowest BCUT2D eigenvalue weighted by Gasteiger charge is -2.12. The molecule has 0 unspecified atom stereocenters. The maximum atomic E-state index is 12.6. The summed E-state index contributed by atoms with van der Waals surface area (Å²) in [7, 11) is -1.92. The molecule has 0 atom stereocenters. The van der Waals surface area contributed by atoms with Gasteiger partial charge < -0.3 is 5.32 Å². The van der Waals surface area contributed by atoms with Crippen LogP contribution < -0.4 is 10.0 Å². The zero-order chi connectivity index (χ0) is 15.6. The molecular weight excluding hydrogens is 288 g/mol. The van der Waals surface area contributed by atoms with Crippen LogP contribution in [0.4, 0.5) is 5.69 Å². The van der Waals surface area contributed by atoms with Gasteiger partial charge in [0.1, 0.15) is 4.90 Å². The van der Waals surface area contributed by atoms with Gasteiger partial charge in [-0.2, -0.15) is 5.10 Å². The highest BCUT2D eigenvalue weighted by Crippen LogP contribution is 2.23. The number of hydrogen-bond donors (Lipinski definition) is 3. The number of anilines is 1. The van der Waals surface area contributed by atoms with Crippen LogP contribution in [0.25, 0.3) is 0 Å². The zero-order valence-corrected chi connectivity index (χ0v) is 13.4. The van der Waals surface area contributed by atoms with E-state index in [1.54, 1.807) is 20.0 Å². The second-order valence-electron chi connectivity index (χ2n) is 5.08. The molecule has 0 saturated heterocycles. The fourth-order valence-corrected chi connectivity index (χ4v) is 3.73. The van der Waals surface area contributed by atoms with Crippen molar-refractivity contribution < 1.29 is 8.42 Å². The van der Waals surface area contributed by atoms with Crippen LogP contribution >= 0.6 is 0 Å². The summed E-state index contributed by atoms with van der Waals surface area (Å²) >= 11 is 0. The fourth-order valence-electron chi connectivity index (χ4n) is 2.24. The summed E-state index contributed by atoms with van der Waals surface area (Å²) in [5, 5.41) is 9.69. The monoisotopic (exact) mass is 308 g/mol. The number of nitrogens with one attached hydrogen (secondary N) is 3. The van der Waals surface area contributed by atoms with Crippen LogP contribution in [0.3, 0.4) is 0 Å². The number of aromatic nitrogens is 2. The molecule has 0 bridgehead atoms. The first kappa shape index (κ1) is 15.5. The number of aryl methyl sites for hydroxylation is 3. The molecular formula is C14H20N4O2S. The number of aromatic amines is 1. The summed E-state index contributed by atoms with van der Waals surface area (Å²) in [6, 6.07) is 5.59. The summed E-state index contributed by atoms with van der Waals surface area (Å²) in [6.45, 7) is 5.92. The molecule has 0 aliphatic rings. The molecule has 114 valence electrons. The van der Waals surface area contributed by atoms with Crippen LogP contribution in [0.2, 0.25) is 0 Å². The van der Waals surface area contributed by atoms with Gasteiger partial charge in [0.25, 0.3) is 10.0 Å². The predicted molar refractivity (Wildman–Crippen MR) is 82.8 cm³/mol. The number of benzene rings is 1. The van der Waals surface area contributed by atoms with E-state index in [1.165, 1.54) is 0 Å². The average Bonchev–Trinajstić information content (AvgIpc) is 2.75. The summed E-state index contributed by atoms with van der Waals surface area (Å²) in [5.74, 6) is 0. The normalized spacial score (nSPS) is 11.6. The number of hydrogen-bond acceptors (Lipinski definition) is 4.